The van der Waals surface area contributed by atoms with Gasteiger partial charge in [0.2, 0.25) is 5.91 Å². The van der Waals surface area contributed by atoms with Gasteiger partial charge >= 0.3 is 0 Å². The molecule has 0 saturated heterocycles. The highest BCUT2D eigenvalue weighted by molar-refractivity contribution is 9.11. The molecule has 7 heteroatoms. The maximum atomic E-state index is 12.4. The number of benzene rings is 1. The Labute approximate surface area is 158 Å². The van der Waals surface area contributed by atoms with Gasteiger partial charge < -0.3 is 11.1 Å². The van der Waals surface area contributed by atoms with Crippen molar-refractivity contribution < 1.29 is 4.79 Å². The Morgan fingerprint density at radius 3 is 2.68 bits per heavy atom. The molecule has 0 spiro atoms. The molecule has 0 aliphatic carbocycles. The molecule has 0 aliphatic rings. The van der Waals surface area contributed by atoms with E-state index >= 15 is 0 Å². The van der Waals surface area contributed by atoms with Crippen LogP contribution in [0.15, 0.2) is 58.9 Å². The first-order valence-electron chi connectivity index (χ1n) is 7.76. The van der Waals surface area contributed by atoms with Crippen LogP contribution in [0.4, 0.5) is 5.69 Å². The molecule has 2 heterocycles. The predicted octanol–water partition coefficient (Wildman–Crippen LogP) is 4.04. The fourth-order valence-corrected chi connectivity index (χ4v) is 4.04. The number of anilines is 1. The summed E-state index contributed by atoms with van der Waals surface area (Å²) in [6.45, 7) is 0.432. The fourth-order valence-electron chi connectivity index (χ4n) is 2.51. The van der Waals surface area contributed by atoms with Gasteiger partial charge in [0.05, 0.1) is 3.79 Å². The monoisotopic (exact) mass is 416 g/mol. The number of aromatic nitrogens is 2. The summed E-state index contributed by atoms with van der Waals surface area (Å²) < 4.78 is 1.04. The SMILES string of the molecule is NCC(CC(=O)Nc1cccc(-c2cncnc2)c1)c1ccc(Br)s1. The molecular formula is C18H17BrN4OS. The Morgan fingerprint density at radius 1 is 1.20 bits per heavy atom. The Morgan fingerprint density at radius 2 is 2.00 bits per heavy atom. The lowest BCUT2D eigenvalue weighted by Gasteiger charge is -2.13. The van der Waals surface area contributed by atoms with Crippen molar-refractivity contribution in [2.75, 3.05) is 11.9 Å². The van der Waals surface area contributed by atoms with E-state index in [1.54, 1.807) is 23.7 Å². The number of carbonyl (C=O) groups excluding carboxylic acids is 1. The van der Waals surface area contributed by atoms with E-state index in [0.29, 0.717) is 13.0 Å². The molecule has 0 fully saturated rings. The van der Waals surface area contributed by atoms with Crippen molar-refractivity contribution in [1.29, 1.82) is 0 Å². The van der Waals surface area contributed by atoms with Crippen LogP contribution in [0.3, 0.4) is 0 Å². The minimum Gasteiger partial charge on any atom is -0.330 e. The minimum atomic E-state index is -0.0542. The van der Waals surface area contributed by atoms with Gasteiger partial charge in [-0.3, -0.25) is 4.79 Å². The number of carbonyl (C=O) groups is 1. The molecule has 3 N–H and O–H groups in total. The van der Waals surface area contributed by atoms with Crippen LogP contribution in [0.5, 0.6) is 0 Å². The second-order valence-corrected chi connectivity index (χ2v) is 8.03. The van der Waals surface area contributed by atoms with Gasteiger partial charge in [-0.2, -0.15) is 0 Å². The van der Waals surface area contributed by atoms with Crippen molar-refractivity contribution in [3.8, 4) is 11.1 Å². The van der Waals surface area contributed by atoms with Crippen LogP contribution >= 0.6 is 27.3 Å². The van der Waals surface area contributed by atoms with Gasteiger partial charge in [-0.1, -0.05) is 12.1 Å². The van der Waals surface area contributed by atoms with E-state index in [2.05, 4.69) is 31.2 Å². The molecule has 3 aromatic rings. The van der Waals surface area contributed by atoms with E-state index in [-0.39, 0.29) is 11.8 Å². The number of nitrogens with zero attached hydrogens (tertiary/aromatic N) is 2. The van der Waals surface area contributed by atoms with Crippen LogP contribution in [0.1, 0.15) is 17.2 Å². The highest BCUT2D eigenvalue weighted by Crippen LogP contribution is 2.30. The predicted molar refractivity (Wildman–Crippen MR) is 105 cm³/mol. The minimum absolute atomic E-state index is 0.0157. The molecule has 0 aliphatic heterocycles. The number of amides is 1. The summed E-state index contributed by atoms with van der Waals surface area (Å²) in [5.74, 6) is -0.0385. The van der Waals surface area contributed by atoms with Crippen molar-refractivity contribution in [2.45, 2.75) is 12.3 Å². The van der Waals surface area contributed by atoms with Crippen molar-refractivity contribution in [3.05, 3.63) is 63.8 Å². The van der Waals surface area contributed by atoms with Gasteiger partial charge in [-0.05, 0) is 45.8 Å². The molecule has 0 radical (unpaired) electrons. The van der Waals surface area contributed by atoms with Crippen LogP contribution in [-0.2, 0) is 4.79 Å². The standard InChI is InChI=1S/C18H17BrN4OS/c19-17-5-4-16(25-17)13(8-20)7-18(24)23-15-3-1-2-12(6-15)14-9-21-11-22-10-14/h1-6,9-11,13H,7-8,20H2,(H,23,24). The van der Waals surface area contributed by atoms with Gasteiger partial charge in [-0.25, -0.2) is 9.97 Å². The topological polar surface area (TPSA) is 80.9 Å². The third-order valence-electron chi connectivity index (χ3n) is 3.75. The molecule has 0 saturated carbocycles. The van der Waals surface area contributed by atoms with E-state index in [0.717, 1.165) is 25.5 Å². The molecule has 1 aromatic carbocycles. The van der Waals surface area contributed by atoms with Gasteiger partial charge in [0.1, 0.15) is 6.33 Å². The van der Waals surface area contributed by atoms with Gasteiger partial charge in [0.25, 0.3) is 0 Å². The van der Waals surface area contributed by atoms with Gasteiger partial charge in [0, 0.05) is 47.4 Å². The third-order valence-corrected chi connectivity index (χ3v) is 5.54. The lowest BCUT2D eigenvalue weighted by Crippen LogP contribution is -2.20. The molecule has 5 nitrogen and oxygen atoms in total. The number of rotatable bonds is 6. The number of hydrogen-bond donors (Lipinski definition) is 2. The van der Waals surface area contributed by atoms with Gasteiger partial charge in [0.15, 0.2) is 0 Å². The maximum absolute atomic E-state index is 12.4. The molecule has 2 aromatic heterocycles. The Kier molecular flexibility index (Phi) is 5.91. The summed E-state index contributed by atoms with van der Waals surface area (Å²) in [5.41, 5.74) is 8.46. The Hall–Kier alpha value is -2.09. The summed E-state index contributed by atoms with van der Waals surface area (Å²) >= 11 is 5.06. The summed E-state index contributed by atoms with van der Waals surface area (Å²) in [6, 6.07) is 11.6. The Balaban J connectivity index is 1.68. The molecule has 0 bridgehead atoms. The average molecular weight is 417 g/mol. The third kappa shape index (κ3) is 4.72. The fraction of sp³-hybridized carbons (Fsp3) is 0.167. The summed E-state index contributed by atoms with van der Waals surface area (Å²) in [4.78, 5) is 21.6. The van der Waals surface area contributed by atoms with Crippen molar-refractivity contribution >= 4 is 38.9 Å². The van der Waals surface area contributed by atoms with Crippen LogP contribution in [0.25, 0.3) is 11.1 Å². The zero-order valence-electron chi connectivity index (χ0n) is 13.4. The van der Waals surface area contributed by atoms with E-state index in [9.17, 15) is 4.79 Å². The number of nitrogens with one attached hydrogen (secondary N) is 1. The van der Waals surface area contributed by atoms with Gasteiger partial charge in [-0.15, -0.1) is 11.3 Å². The Bertz CT molecular complexity index is 853. The van der Waals surface area contributed by atoms with E-state index < -0.39 is 0 Å². The quantitative estimate of drug-likeness (QED) is 0.635. The second-order valence-electron chi connectivity index (χ2n) is 5.53. The van der Waals surface area contributed by atoms with Crippen LogP contribution in [-0.4, -0.2) is 22.4 Å². The first kappa shape index (κ1) is 17.7. The van der Waals surface area contributed by atoms with E-state index in [4.69, 9.17) is 5.73 Å². The van der Waals surface area contributed by atoms with Crippen molar-refractivity contribution in [3.63, 3.8) is 0 Å². The highest BCUT2D eigenvalue weighted by Gasteiger charge is 2.16. The lowest BCUT2D eigenvalue weighted by atomic mass is 10.0. The normalized spacial score (nSPS) is 11.9. The number of halogens is 1. The molecular weight excluding hydrogens is 400 g/mol. The van der Waals surface area contributed by atoms with Crippen LogP contribution < -0.4 is 11.1 Å². The van der Waals surface area contributed by atoms with E-state index in [1.165, 1.54) is 6.33 Å². The zero-order valence-corrected chi connectivity index (χ0v) is 15.8. The zero-order chi connectivity index (χ0) is 17.6. The molecule has 25 heavy (non-hydrogen) atoms. The molecule has 1 unspecified atom stereocenters. The summed E-state index contributed by atoms with van der Waals surface area (Å²) in [7, 11) is 0. The highest BCUT2D eigenvalue weighted by atomic mass is 79.9. The summed E-state index contributed by atoms with van der Waals surface area (Å²) in [6.07, 6.45) is 5.33. The molecule has 1 atom stereocenters. The molecule has 1 amide bonds. The van der Waals surface area contributed by atoms with Crippen LogP contribution in [0, 0.1) is 0 Å². The number of thiophene rings is 1. The summed E-state index contributed by atoms with van der Waals surface area (Å²) in [5, 5.41) is 2.95. The maximum Gasteiger partial charge on any atom is 0.225 e. The largest absolute Gasteiger partial charge is 0.330 e. The van der Waals surface area contributed by atoms with E-state index in [1.807, 2.05) is 36.4 Å². The first-order chi connectivity index (χ1) is 12.2. The number of nitrogens with two attached hydrogens (primary N) is 1. The second kappa shape index (κ2) is 8.33. The average Bonchev–Trinajstić information content (AvgIpc) is 3.07. The van der Waals surface area contributed by atoms with Crippen molar-refractivity contribution in [2.24, 2.45) is 5.73 Å². The number of hydrogen-bond acceptors (Lipinski definition) is 5. The van der Waals surface area contributed by atoms with Crippen molar-refractivity contribution in [1.82, 2.24) is 9.97 Å². The lowest BCUT2D eigenvalue weighted by molar-refractivity contribution is -0.116. The first-order valence-corrected chi connectivity index (χ1v) is 9.37. The molecule has 128 valence electrons. The smallest absolute Gasteiger partial charge is 0.225 e. The molecule has 3 rings (SSSR count). The van der Waals surface area contributed by atoms with Crippen LogP contribution in [0.2, 0.25) is 0 Å².